The Morgan fingerprint density at radius 2 is 1.71 bits per heavy atom. The van der Waals surface area contributed by atoms with Gasteiger partial charge in [0.1, 0.15) is 6.10 Å². The van der Waals surface area contributed by atoms with Crippen molar-refractivity contribution in [1.29, 1.82) is 0 Å². The highest BCUT2D eigenvalue weighted by atomic mass is 16.5. The molecule has 1 heterocycles. The summed E-state index contributed by atoms with van der Waals surface area (Å²) in [5.41, 5.74) is 0.940. The summed E-state index contributed by atoms with van der Waals surface area (Å²) in [6, 6.07) is 0. The van der Waals surface area contributed by atoms with E-state index >= 15 is 0 Å². The molecule has 1 rings (SSSR count). The van der Waals surface area contributed by atoms with E-state index in [-0.39, 0.29) is 36.1 Å². The van der Waals surface area contributed by atoms with Crippen LogP contribution in [-0.2, 0) is 14.3 Å². The van der Waals surface area contributed by atoms with E-state index in [1.165, 1.54) is 0 Å². The van der Waals surface area contributed by atoms with Gasteiger partial charge in [-0.05, 0) is 31.8 Å². The highest BCUT2D eigenvalue weighted by molar-refractivity contribution is 5.91. The van der Waals surface area contributed by atoms with Gasteiger partial charge in [-0.3, -0.25) is 9.59 Å². The van der Waals surface area contributed by atoms with E-state index in [1.807, 2.05) is 40.7 Å². The lowest BCUT2D eigenvalue weighted by Crippen LogP contribution is -2.38. The second-order valence-electron chi connectivity index (χ2n) is 8.37. The molecule has 0 aliphatic carbocycles. The normalized spacial score (nSPS) is 39.7. The van der Waals surface area contributed by atoms with E-state index in [0.29, 0.717) is 19.3 Å². The van der Waals surface area contributed by atoms with Crippen molar-refractivity contribution in [3.05, 3.63) is 23.8 Å². The molecule has 0 saturated heterocycles. The molecular formula is C23H38O5. The summed E-state index contributed by atoms with van der Waals surface area (Å²) in [6.07, 6.45) is 5.07. The molecule has 5 nitrogen and oxygen atoms in total. The standard InChI is InChI=1S/C23H38O5/c1-7-18-12-15(4)19(24)10-9-14(3)11-16(5)21(8-2)28-22(26)13-20(25)17(6)23(18)27/h9-11,15-18,20-21,23,25,27H,7-8,12-13H2,1-6H3/b10-9+,14-11+/t15-,16-,17-,18-,20-,21-,23-/m1/s1. The molecule has 1 aliphatic rings. The summed E-state index contributed by atoms with van der Waals surface area (Å²) in [6.45, 7) is 11.4. The maximum atomic E-state index is 12.5. The van der Waals surface area contributed by atoms with Gasteiger partial charge >= 0.3 is 5.97 Å². The highest BCUT2D eigenvalue weighted by Gasteiger charge is 2.32. The average molecular weight is 395 g/mol. The predicted octanol–water partition coefficient (Wildman–Crippen LogP) is 3.83. The fraction of sp³-hybridized carbons (Fsp3) is 0.739. The monoisotopic (exact) mass is 394 g/mol. The molecule has 0 amide bonds. The van der Waals surface area contributed by atoms with Crippen molar-refractivity contribution in [1.82, 2.24) is 0 Å². The Hall–Kier alpha value is -1.46. The summed E-state index contributed by atoms with van der Waals surface area (Å²) in [5, 5.41) is 21.2. The van der Waals surface area contributed by atoms with E-state index in [9.17, 15) is 19.8 Å². The summed E-state index contributed by atoms with van der Waals surface area (Å²) >= 11 is 0. The molecule has 5 heteroatoms. The zero-order valence-corrected chi connectivity index (χ0v) is 18.2. The van der Waals surface area contributed by atoms with E-state index < -0.39 is 24.1 Å². The van der Waals surface area contributed by atoms with Crippen molar-refractivity contribution in [2.24, 2.45) is 23.7 Å². The van der Waals surface area contributed by atoms with Crippen LogP contribution in [0.3, 0.4) is 0 Å². The second-order valence-corrected chi connectivity index (χ2v) is 8.37. The quantitative estimate of drug-likeness (QED) is 0.696. The van der Waals surface area contributed by atoms with Crippen molar-refractivity contribution in [3.8, 4) is 0 Å². The van der Waals surface area contributed by atoms with Gasteiger partial charge in [0, 0.05) is 17.8 Å². The maximum Gasteiger partial charge on any atom is 0.308 e. The van der Waals surface area contributed by atoms with Crippen LogP contribution < -0.4 is 0 Å². The summed E-state index contributed by atoms with van der Waals surface area (Å²) in [7, 11) is 0. The lowest BCUT2D eigenvalue weighted by atomic mass is 9.80. The molecule has 0 unspecified atom stereocenters. The molecule has 0 bridgehead atoms. The van der Waals surface area contributed by atoms with Crippen molar-refractivity contribution >= 4 is 11.8 Å². The predicted molar refractivity (Wildman–Crippen MR) is 111 cm³/mol. The zero-order valence-electron chi connectivity index (χ0n) is 18.2. The first-order valence-electron chi connectivity index (χ1n) is 10.6. The molecule has 0 aromatic carbocycles. The Labute approximate surface area is 169 Å². The number of rotatable bonds is 2. The van der Waals surface area contributed by atoms with Crippen LogP contribution >= 0.6 is 0 Å². The number of carbonyl (C=O) groups is 2. The minimum Gasteiger partial charge on any atom is -0.462 e. The van der Waals surface area contributed by atoms with Gasteiger partial charge in [-0.1, -0.05) is 58.8 Å². The van der Waals surface area contributed by atoms with Crippen LogP contribution in [-0.4, -0.2) is 40.3 Å². The molecular weight excluding hydrogens is 356 g/mol. The molecule has 1 aliphatic heterocycles. The molecule has 0 aromatic heterocycles. The first kappa shape index (κ1) is 24.6. The topological polar surface area (TPSA) is 83.8 Å². The second kappa shape index (κ2) is 11.5. The summed E-state index contributed by atoms with van der Waals surface area (Å²) in [5.74, 6) is -1.25. The number of esters is 1. The van der Waals surface area contributed by atoms with E-state index in [2.05, 4.69) is 0 Å². The molecule has 0 spiro atoms. The van der Waals surface area contributed by atoms with Crippen LogP contribution in [0.15, 0.2) is 23.8 Å². The number of carbonyl (C=O) groups excluding carboxylic acids is 2. The number of cyclic esters (lactones) is 1. The zero-order chi connectivity index (χ0) is 21.4. The van der Waals surface area contributed by atoms with Gasteiger partial charge in [-0.25, -0.2) is 0 Å². The van der Waals surface area contributed by atoms with Crippen LogP contribution in [0.25, 0.3) is 0 Å². The number of hydrogen-bond acceptors (Lipinski definition) is 5. The number of aliphatic hydroxyl groups is 2. The summed E-state index contributed by atoms with van der Waals surface area (Å²) < 4.78 is 5.59. The highest BCUT2D eigenvalue weighted by Crippen LogP contribution is 2.28. The van der Waals surface area contributed by atoms with Crippen molar-refractivity contribution < 1.29 is 24.5 Å². The Balaban J connectivity index is 3.18. The molecule has 0 aromatic rings. The van der Waals surface area contributed by atoms with Crippen LogP contribution in [0.2, 0.25) is 0 Å². The number of aliphatic hydroxyl groups excluding tert-OH is 2. The van der Waals surface area contributed by atoms with Gasteiger partial charge in [0.05, 0.1) is 18.6 Å². The SMILES string of the molecule is CC[C@@H]1C[C@@H](C)C(=O)/C=C/C(C)=C/[C@@H](C)[C@@H](CC)OC(=O)C[C@@H](O)[C@@H](C)[C@H]1O. The van der Waals surface area contributed by atoms with Gasteiger partial charge < -0.3 is 14.9 Å². The Bertz CT molecular complexity index is 580. The number of ether oxygens (including phenoxy) is 1. The molecule has 7 atom stereocenters. The van der Waals surface area contributed by atoms with Crippen molar-refractivity contribution in [2.75, 3.05) is 0 Å². The van der Waals surface area contributed by atoms with Gasteiger partial charge in [0.15, 0.2) is 5.78 Å². The van der Waals surface area contributed by atoms with Gasteiger partial charge in [-0.15, -0.1) is 0 Å². The lowest BCUT2D eigenvalue weighted by molar-refractivity contribution is -0.154. The fourth-order valence-electron chi connectivity index (χ4n) is 3.87. The minimum atomic E-state index is -0.986. The Kier molecular flexibility index (Phi) is 10.1. The third-order valence-electron chi connectivity index (χ3n) is 5.98. The van der Waals surface area contributed by atoms with Crippen LogP contribution in [0.1, 0.15) is 67.2 Å². The lowest BCUT2D eigenvalue weighted by Gasteiger charge is -2.31. The van der Waals surface area contributed by atoms with Crippen LogP contribution in [0.4, 0.5) is 0 Å². The Morgan fingerprint density at radius 3 is 2.29 bits per heavy atom. The maximum absolute atomic E-state index is 12.5. The molecule has 2 N–H and O–H groups in total. The first-order chi connectivity index (χ1) is 13.1. The van der Waals surface area contributed by atoms with Crippen LogP contribution in [0, 0.1) is 23.7 Å². The number of allylic oxidation sites excluding steroid dienone is 3. The smallest absolute Gasteiger partial charge is 0.308 e. The van der Waals surface area contributed by atoms with E-state index in [1.54, 1.807) is 19.1 Å². The third kappa shape index (κ3) is 7.17. The average Bonchev–Trinajstić information content (AvgIpc) is 2.65. The minimum absolute atomic E-state index is 0.0105. The molecule has 0 radical (unpaired) electrons. The van der Waals surface area contributed by atoms with Gasteiger partial charge in [0.2, 0.25) is 0 Å². The number of ketones is 1. The Morgan fingerprint density at radius 1 is 1.07 bits per heavy atom. The largest absolute Gasteiger partial charge is 0.462 e. The molecule has 0 saturated carbocycles. The molecule has 28 heavy (non-hydrogen) atoms. The van der Waals surface area contributed by atoms with Gasteiger partial charge in [-0.2, -0.15) is 0 Å². The van der Waals surface area contributed by atoms with E-state index in [4.69, 9.17) is 4.74 Å². The molecule has 0 fully saturated rings. The van der Waals surface area contributed by atoms with Gasteiger partial charge in [0.25, 0.3) is 0 Å². The third-order valence-corrected chi connectivity index (χ3v) is 5.98. The fourth-order valence-corrected chi connectivity index (χ4v) is 3.87. The number of hydrogen-bond donors (Lipinski definition) is 2. The van der Waals surface area contributed by atoms with Crippen LogP contribution in [0.5, 0.6) is 0 Å². The van der Waals surface area contributed by atoms with E-state index in [0.717, 1.165) is 5.57 Å². The summed E-state index contributed by atoms with van der Waals surface area (Å²) in [4.78, 5) is 24.8. The van der Waals surface area contributed by atoms with Crippen molar-refractivity contribution in [2.45, 2.75) is 85.5 Å². The van der Waals surface area contributed by atoms with Crippen molar-refractivity contribution in [3.63, 3.8) is 0 Å². The molecule has 160 valence electrons. The first-order valence-corrected chi connectivity index (χ1v) is 10.6.